The summed E-state index contributed by atoms with van der Waals surface area (Å²) < 4.78 is 2.23. The van der Waals surface area contributed by atoms with E-state index < -0.39 is 5.60 Å². The lowest BCUT2D eigenvalue weighted by molar-refractivity contribution is 0.0250. The fraction of sp³-hybridized carbons (Fsp3) is 0.750. The minimum Gasteiger partial charge on any atom is -0.389 e. The van der Waals surface area contributed by atoms with Gasteiger partial charge in [-0.2, -0.15) is 0 Å². The van der Waals surface area contributed by atoms with Gasteiger partial charge < -0.3 is 15.0 Å². The third-order valence-corrected chi connectivity index (χ3v) is 4.11. The summed E-state index contributed by atoms with van der Waals surface area (Å²) in [6.07, 6.45) is 12.3. The zero-order chi connectivity index (χ0) is 13.6. The second-order valence-corrected chi connectivity index (χ2v) is 6.00. The number of hydrogen-bond acceptors (Lipinski definition) is 2. The largest absolute Gasteiger partial charge is 0.389 e. The first-order valence-electron chi connectivity index (χ1n) is 7.80. The van der Waals surface area contributed by atoms with E-state index in [0.29, 0.717) is 0 Å². The minimum atomic E-state index is -0.470. The fourth-order valence-corrected chi connectivity index (χ4v) is 3.00. The van der Waals surface area contributed by atoms with Gasteiger partial charge in [0.15, 0.2) is 0 Å². The Morgan fingerprint density at radius 3 is 2.68 bits per heavy atom. The second kappa shape index (κ2) is 7.11. The zero-order valence-corrected chi connectivity index (χ0v) is 12.2. The number of aromatic nitrogens is 1. The fourth-order valence-electron chi connectivity index (χ4n) is 3.00. The van der Waals surface area contributed by atoms with Crippen molar-refractivity contribution in [3.05, 3.63) is 24.0 Å². The molecule has 108 valence electrons. The van der Waals surface area contributed by atoms with Crippen LogP contribution in [0, 0.1) is 0 Å². The SMILES string of the molecule is CCCn1ccc(CNCC2(O)CCCCCC2)c1. The van der Waals surface area contributed by atoms with Crippen molar-refractivity contribution in [2.45, 2.75) is 70.6 Å². The molecule has 0 amide bonds. The molecule has 0 saturated heterocycles. The van der Waals surface area contributed by atoms with E-state index in [1.54, 1.807) is 0 Å². The van der Waals surface area contributed by atoms with E-state index in [1.807, 2.05) is 0 Å². The number of nitrogens with one attached hydrogen (secondary N) is 1. The number of aryl methyl sites for hydroxylation is 1. The lowest BCUT2D eigenvalue weighted by Gasteiger charge is -2.26. The van der Waals surface area contributed by atoms with Gasteiger partial charge in [-0.3, -0.25) is 0 Å². The Morgan fingerprint density at radius 1 is 1.26 bits per heavy atom. The normalized spacial score (nSPS) is 19.3. The molecule has 1 aliphatic rings. The summed E-state index contributed by atoms with van der Waals surface area (Å²) in [5, 5.41) is 14.0. The van der Waals surface area contributed by atoms with Gasteiger partial charge in [-0.1, -0.05) is 32.6 Å². The third kappa shape index (κ3) is 4.66. The summed E-state index contributed by atoms with van der Waals surface area (Å²) in [5.74, 6) is 0. The van der Waals surface area contributed by atoms with Crippen LogP contribution in [0.2, 0.25) is 0 Å². The average Bonchev–Trinajstić information content (AvgIpc) is 2.71. The highest BCUT2D eigenvalue weighted by molar-refractivity contribution is 5.10. The summed E-state index contributed by atoms with van der Waals surface area (Å²) in [4.78, 5) is 0. The third-order valence-electron chi connectivity index (χ3n) is 4.11. The molecule has 2 N–H and O–H groups in total. The van der Waals surface area contributed by atoms with E-state index >= 15 is 0 Å². The summed E-state index contributed by atoms with van der Waals surface area (Å²) in [7, 11) is 0. The van der Waals surface area contributed by atoms with Crippen molar-refractivity contribution < 1.29 is 5.11 Å². The molecule has 1 fully saturated rings. The van der Waals surface area contributed by atoms with Crippen molar-refractivity contribution in [1.82, 2.24) is 9.88 Å². The lowest BCUT2D eigenvalue weighted by Crippen LogP contribution is -2.39. The van der Waals surface area contributed by atoms with Gasteiger partial charge in [-0.25, -0.2) is 0 Å². The van der Waals surface area contributed by atoms with Gasteiger partial charge in [-0.05, 0) is 30.9 Å². The number of hydrogen-bond donors (Lipinski definition) is 2. The van der Waals surface area contributed by atoms with Crippen LogP contribution in [-0.2, 0) is 13.1 Å². The smallest absolute Gasteiger partial charge is 0.0771 e. The van der Waals surface area contributed by atoms with Gasteiger partial charge in [0.25, 0.3) is 0 Å². The summed E-state index contributed by atoms with van der Waals surface area (Å²) >= 11 is 0. The predicted molar refractivity (Wildman–Crippen MR) is 79.1 cm³/mol. The van der Waals surface area contributed by atoms with Crippen LogP contribution in [0.3, 0.4) is 0 Å². The maximum absolute atomic E-state index is 10.6. The maximum Gasteiger partial charge on any atom is 0.0771 e. The molecule has 0 spiro atoms. The van der Waals surface area contributed by atoms with Gasteiger partial charge in [0, 0.05) is 32.0 Å². The molecule has 0 aromatic carbocycles. The Labute approximate surface area is 117 Å². The highest BCUT2D eigenvalue weighted by Gasteiger charge is 2.27. The van der Waals surface area contributed by atoms with Gasteiger partial charge in [0.2, 0.25) is 0 Å². The topological polar surface area (TPSA) is 37.2 Å². The number of nitrogens with zero attached hydrogens (tertiary/aromatic N) is 1. The number of aliphatic hydroxyl groups is 1. The van der Waals surface area contributed by atoms with E-state index in [9.17, 15) is 5.11 Å². The van der Waals surface area contributed by atoms with E-state index in [4.69, 9.17) is 0 Å². The molecule has 0 bridgehead atoms. The van der Waals surface area contributed by atoms with Crippen LogP contribution in [0.4, 0.5) is 0 Å². The van der Waals surface area contributed by atoms with Crippen LogP contribution in [0.5, 0.6) is 0 Å². The quantitative estimate of drug-likeness (QED) is 0.775. The molecule has 1 aliphatic carbocycles. The van der Waals surface area contributed by atoms with Crippen molar-refractivity contribution in [3.8, 4) is 0 Å². The van der Waals surface area contributed by atoms with Gasteiger partial charge >= 0.3 is 0 Å². The molecule has 3 heteroatoms. The molecule has 0 atom stereocenters. The Kier molecular flexibility index (Phi) is 5.46. The highest BCUT2D eigenvalue weighted by atomic mass is 16.3. The Hall–Kier alpha value is -0.800. The molecule has 2 rings (SSSR count). The standard InChI is InChI=1S/C16H28N2O/c1-2-10-18-11-7-15(13-18)12-17-14-16(19)8-5-3-4-6-9-16/h7,11,13,17,19H,2-6,8-10,12,14H2,1H3. The van der Waals surface area contributed by atoms with Crippen LogP contribution >= 0.6 is 0 Å². The van der Waals surface area contributed by atoms with Crippen LogP contribution in [0.25, 0.3) is 0 Å². The van der Waals surface area contributed by atoms with Gasteiger partial charge in [-0.15, -0.1) is 0 Å². The van der Waals surface area contributed by atoms with E-state index in [2.05, 4.69) is 35.3 Å². The minimum absolute atomic E-state index is 0.470. The summed E-state index contributed by atoms with van der Waals surface area (Å²) in [5.41, 5.74) is 0.841. The van der Waals surface area contributed by atoms with Crippen LogP contribution in [0.15, 0.2) is 18.5 Å². The molecule has 0 aliphatic heterocycles. The average molecular weight is 264 g/mol. The maximum atomic E-state index is 10.6. The molecule has 0 unspecified atom stereocenters. The first-order valence-corrected chi connectivity index (χ1v) is 7.80. The monoisotopic (exact) mass is 264 g/mol. The molecule has 0 radical (unpaired) electrons. The Morgan fingerprint density at radius 2 is 2.00 bits per heavy atom. The number of rotatable bonds is 6. The lowest BCUT2D eigenvalue weighted by atomic mass is 9.94. The van der Waals surface area contributed by atoms with Crippen LogP contribution in [0.1, 0.15) is 57.4 Å². The van der Waals surface area contributed by atoms with E-state index in [1.165, 1.54) is 37.7 Å². The van der Waals surface area contributed by atoms with Crippen LogP contribution < -0.4 is 5.32 Å². The molecule has 19 heavy (non-hydrogen) atoms. The van der Waals surface area contributed by atoms with Crippen molar-refractivity contribution in [2.24, 2.45) is 0 Å². The molecule has 3 nitrogen and oxygen atoms in total. The molecule has 1 aromatic rings. The summed E-state index contributed by atoms with van der Waals surface area (Å²) in [6.45, 7) is 4.87. The van der Waals surface area contributed by atoms with E-state index in [-0.39, 0.29) is 0 Å². The Balaban J connectivity index is 1.75. The molecule has 1 heterocycles. The molecule has 1 aromatic heterocycles. The van der Waals surface area contributed by atoms with Crippen molar-refractivity contribution in [3.63, 3.8) is 0 Å². The first kappa shape index (κ1) is 14.6. The van der Waals surface area contributed by atoms with Gasteiger partial charge in [0.1, 0.15) is 0 Å². The summed E-state index contributed by atoms with van der Waals surface area (Å²) in [6, 6.07) is 2.17. The zero-order valence-electron chi connectivity index (χ0n) is 12.2. The predicted octanol–water partition coefficient (Wildman–Crippen LogP) is 3.07. The molecular formula is C16H28N2O. The molecular weight excluding hydrogens is 236 g/mol. The first-order chi connectivity index (χ1) is 9.22. The van der Waals surface area contributed by atoms with Gasteiger partial charge in [0.05, 0.1) is 5.60 Å². The Bertz CT molecular complexity index is 365. The molecule has 1 saturated carbocycles. The van der Waals surface area contributed by atoms with Crippen molar-refractivity contribution in [1.29, 1.82) is 0 Å². The van der Waals surface area contributed by atoms with Crippen molar-refractivity contribution >= 4 is 0 Å². The van der Waals surface area contributed by atoms with E-state index in [0.717, 1.165) is 32.5 Å². The van der Waals surface area contributed by atoms with Crippen molar-refractivity contribution in [2.75, 3.05) is 6.54 Å². The second-order valence-electron chi connectivity index (χ2n) is 6.00. The van der Waals surface area contributed by atoms with Crippen LogP contribution in [-0.4, -0.2) is 21.8 Å². The highest BCUT2D eigenvalue weighted by Crippen LogP contribution is 2.26.